The summed E-state index contributed by atoms with van der Waals surface area (Å²) in [6.07, 6.45) is 1.89. The zero-order chi connectivity index (χ0) is 14.7. The van der Waals surface area contributed by atoms with Crippen LogP contribution in [-0.2, 0) is 0 Å². The van der Waals surface area contributed by atoms with Crippen molar-refractivity contribution in [2.75, 3.05) is 18.2 Å². The quantitative estimate of drug-likeness (QED) is 0.841. The maximum Gasteiger partial charge on any atom is 0.272 e. The molecule has 0 radical (unpaired) electrons. The average molecular weight is 273 g/mol. The summed E-state index contributed by atoms with van der Waals surface area (Å²) in [5.41, 5.74) is 7.58. The number of ether oxygens (including phenoxy) is 1. The van der Waals surface area contributed by atoms with E-state index < -0.39 is 0 Å². The number of carbonyl (C=O) groups is 1. The molecule has 0 aliphatic rings. The number of rotatable bonds is 4. The van der Waals surface area contributed by atoms with Crippen molar-refractivity contribution in [2.45, 2.75) is 19.9 Å². The second-order valence-corrected chi connectivity index (χ2v) is 4.81. The molecule has 0 aliphatic carbocycles. The third-order valence-corrected chi connectivity index (χ3v) is 3.06. The third-order valence-electron chi connectivity index (χ3n) is 3.06. The maximum atomic E-state index is 12.3. The van der Waals surface area contributed by atoms with Gasteiger partial charge in [-0.15, -0.1) is 0 Å². The summed E-state index contributed by atoms with van der Waals surface area (Å²) in [7, 11) is 1.56. The second-order valence-electron chi connectivity index (χ2n) is 4.81. The first kappa shape index (κ1) is 14.0. The van der Waals surface area contributed by atoms with Crippen molar-refractivity contribution in [3.8, 4) is 5.75 Å². The zero-order valence-corrected chi connectivity index (χ0v) is 11.9. The van der Waals surface area contributed by atoms with Gasteiger partial charge in [-0.2, -0.15) is 0 Å². The van der Waals surface area contributed by atoms with Crippen LogP contribution in [-0.4, -0.2) is 17.6 Å². The number of hydrogen-bond acceptors (Lipinski definition) is 3. The number of amides is 1. The van der Waals surface area contributed by atoms with E-state index in [9.17, 15) is 4.79 Å². The number of nitrogens with one attached hydrogen (secondary N) is 1. The van der Waals surface area contributed by atoms with Crippen LogP contribution in [0.3, 0.4) is 0 Å². The van der Waals surface area contributed by atoms with Gasteiger partial charge in [-0.3, -0.25) is 4.79 Å². The molecular weight excluding hydrogens is 254 g/mol. The summed E-state index contributed by atoms with van der Waals surface area (Å²) in [6, 6.07) is 9.05. The molecule has 0 aliphatic heterocycles. The predicted molar refractivity (Wildman–Crippen MR) is 80.2 cm³/mol. The van der Waals surface area contributed by atoms with Gasteiger partial charge < -0.3 is 20.4 Å². The Balaban J connectivity index is 2.19. The fourth-order valence-electron chi connectivity index (χ4n) is 2.04. The normalized spacial score (nSPS) is 10.6. The van der Waals surface area contributed by atoms with E-state index in [1.807, 2.05) is 30.7 Å². The fourth-order valence-corrected chi connectivity index (χ4v) is 2.04. The Hall–Kier alpha value is -2.43. The highest BCUT2D eigenvalue weighted by atomic mass is 16.5. The molecular formula is C15H19N3O2. The first-order chi connectivity index (χ1) is 9.52. The smallest absolute Gasteiger partial charge is 0.272 e. The topological polar surface area (TPSA) is 69.3 Å². The van der Waals surface area contributed by atoms with Crippen molar-refractivity contribution < 1.29 is 9.53 Å². The van der Waals surface area contributed by atoms with Gasteiger partial charge >= 0.3 is 0 Å². The molecule has 5 nitrogen and oxygen atoms in total. The van der Waals surface area contributed by atoms with Crippen molar-refractivity contribution in [1.82, 2.24) is 4.57 Å². The summed E-state index contributed by atoms with van der Waals surface area (Å²) < 4.78 is 7.00. The predicted octanol–water partition coefficient (Wildman–Crippen LogP) is 2.91. The highest BCUT2D eigenvalue weighted by Crippen LogP contribution is 2.25. The minimum Gasteiger partial charge on any atom is -0.495 e. The highest BCUT2D eigenvalue weighted by molar-refractivity contribution is 6.03. The zero-order valence-electron chi connectivity index (χ0n) is 11.9. The average Bonchev–Trinajstić information content (AvgIpc) is 2.88. The van der Waals surface area contributed by atoms with E-state index in [4.69, 9.17) is 10.5 Å². The van der Waals surface area contributed by atoms with Crippen LogP contribution in [0.15, 0.2) is 36.5 Å². The molecule has 5 heteroatoms. The van der Waals surface area contributed by atoms with E-state index in [1.165, 1.54) is 0 Å². The van der Waals surface area contributed by atoms with Gasteiger partial charge in [0.1, 0.15) is 11.4 Å². The number of benzene rings is 1. The van der Waals surface area contributed by atoms with Crippen molar-refractivity contribution in [3.05, 3.63) is 42.2 Å². The number of anilines is 2. The van der Waals surface area contributed by atoms with Crippen LogP contribution in [0.5, 0.6) is 5.75 Å². The molecule has 1 heterocycles. The van der Waals surface area contributed by atoms with Crippen LogP contribution >= 0.6 is 0 Å². The minimum absolute atomic E-state index is 0.159. The Labute approximate surface area is 118 Å². The standard InChI is InChI=1S/C15H19N3O2/c1-10(2)18-8-4-5-13(18)15(19)17-11-6-7-14(20-3)12(16)9-11/h4-10H,16H2,1-3H3,(H,17,19). The molecule has 106 valence electrons. The number of methoxy groups -OCH3 is 1. The Kier molecular flexibility index (Phi) is 3.98. The van der Waals surface area contributed by atoms with Gasteiger partial charge in [-0.25, -0.2) is 0 Å². The van der Waals surface area contributed by atoms with Crippen molar-refractivity contribution in [2.24, 2.45) is 0 Å². The molecule has 0 unspecified atom stereocenters. The Morgan fingerprint density at radius 1 is 1.35 bits per heavy atom. The number of hydrogen-bond donors (Lipinski definition) is 2. The fraction of sp³-hybridized carbons (Fsp3) is 0.267. The highest BCUT2D eigenvalue weighted by Gasteiger charge is 2.13. The lowest BCUT2D eigenvalue weighted by atomic mass is 10.2. The van der Waals surface area contributed by atoms with Gasteiger partial charge in [0.15, 0.2) is 0 Å². The van der Waals surface area contributed by atoms with Crippen LogP contribution in [0.25, 0.3) is 0 Å². The maximum absolute atomic E-state index is 12.3. The van der Waals surface area contributed by atoms with Gasteiger partial charge in [-0.1, -0.05) is 0 Å². The van der Waals surface area contributed by atoms with Crippen LogP contribution in [0.2, 0.25) is 0 Å². The largest absolute Gasteiger partial charge is 0.495 e. The monoisotopic (exact) mass is 273 g/mol. The van der Waals surface area contributed by atoms with E-state index in [-0.39, 0.29) is 11.9 Å². The van der Waals surface area contributed by atoms with Crippen LogP contribution in [0.1, 0.15) is 30.4 Å². The number of nitrogen functional groups attached to an aromatic ring is 1. The molecule has 0 saturated carbocycles. The minimum atomic E-state index is -0.159. The van der Waals surface area contributed by atoms with E-state index in [0.717, 1.165) is 0 Å². The summed E-state index contributed by atoms with van der Waals surface area (Å²) >= 11 is 0. The molecule has 1 aromatic carbocycles. The van der Waals surface area contributed by atoms with Crippen LogP contribution < -0.4 is 15.8 Å². The number of carbonyl (C=O) groups excluding carboxylic acids is 1. The summed E-state index contributed by atoms with van der Waals surface area (Å²) in [6.45, 7) is 4.06. The lowest BCUT2D eigenvalue weighted by Crippen LogP contribution is -2.17. The number of nitrogens with zero attached hydrogens (tertiary/aromatic N) is 1. The first-order valence-corrected chi connectivity index (χ1v) is 6.44. The first-order valence-electron chi connectivity index (χ1n) is 6.44. The van der Waals surface area contributed by atoms with E-state index in [1.54, 1.807) is 31.4 Å². The van der Waals surface area contributed by atoms with Gasteiger partial charge in [-0.05, 0) is 44.2 Å². The third kappa shape index (κ3) is 2.77. The molecule has 0 saturated heterocycles. The summed E-state index contributed by atoms with van der Waals surface area (Å²) in [5, 5.41) is 2.84. The molecule has 0 atom stereocenters. The van der Waals surface area contributed by atoms with Crippen molar-refractivity contribution in [1.29, 1.82) is 0 Å². The Bertz CT molecular complexity index is 617. The molecule has 1 amide bonds. The van der Waals surface area contributed by atoms with Gasteiger partial charge in [0.05, 0.1) is 12.8 Å². The molecule has 2 rings (SSSR count). The van der Waals surface area contributed by atoms with Crippen LogP contribution in [0.4, 0.5) is 11.4 Å². The summed E-state index contributed by atoms with van der Waals surface area (Å²) in [4.78, 5) is 12.3. The molecule has 0 bridgehead atoms. The molecule has 0 fully saturated rings. The Morgan fingerprint density at radius 3 is 2.70 bits per heavy atom. The lowest BCUT2D eigenvalue weighted by Gasteiger charge is -2.13. The van der Waals surface area contributed by atoms with E-state index >= 15 is 0 Å². The SMILES string of the molecule is COc1ccc(NC(=O)c2cccn2C(C)C)cc1N. The molecule has 3 N–H and O–H groups in total. The van der Waals surface area contributed by atoms with Gasteiger partial charge in [0.2, 0.25) is 0 Å². The lowest BCUT2D eigenvalue weighted by molar-refractivity contribution is 0.101. The second kappa shape index (κ2) is 5.69. The van der Waals surface area contributed by atoms with Crippen molar-refractivity contribution >= 4 is 17.3 Å². The Morgan fingerprint density at radius 2 is 2.10 bits per heavy atom. The number of nitrogens with two attached hydrogens (primary N) is 1. The van der Waals surface area contributed by atoms with Gasteiger partial charge in [0, 0.05) is 17.9 Å². The van der Waals surface area contributed by atoms with Crippen LogP contribution in [0, 0.1) is 0 Å². The van der Waals surface area contributed by atoms with Crippen molar-refractivity contribution in [3.63, 3.8) is 0 Å². The molecule has 0 spiro atoms. The molecule has 2 aromatic rings. The summed E-state index contributed by atoms with van der Waals surface area (Å²) in [5.74, 6) is 0.432. The molecule has 20 heavy (non-hydrogen) atoms. The molecule has 1 aromatic heterocycles. The van der Waals surface area contributed by atoms with Gasteiger partial charge in [0.25, 0.3) is 5.91 Å². The van der Waals surface area contributed by atoms with E-state index in [2.05, 4.69) is 5.32 Å². The van der Waals surface area contributed by atoms with E-state index in [0.29, 0.717) is 22.8 Å². The number of aromatic nitrogens is 1.